The first-order chi connectivity index (χ1) is 15.7. The van der Waals surface area contributed by atoms with Crippen LogP contribution in [0.25, 0.3) is 5.76 Å². The van der Waals surface area contributed by atoms with Crippen molar-refractivity contribution in [3.63, 3.8) is 0 Å². The van der Waals surface area contributed by atoms with Crippen LogP contribution >= 0.6 is 11.6 Å². The van der Waals surface area contributed by atoms with E-state index < -0.39 is 17.7 Å². The van der Waals surface area contributed by atoms with Crippen LogP contribution in [0, 0.1) is 6.92 Å². The van der Waals surface area contributed by atoms with Crippen LogP contribution in [-0.2, 0) is 9.59 Å². The maximum atomic E-state index is 13.2. The fourth-order valence-corrected chi connectivity index (χ4v) is 4.32. The second-order valence-electron chi connectivity index (χ2n) is 8.19. The van der Waals surface area contributed by atoms with Crippen LogP contribution in [-0.4, -0.2) is 68.0 Å². The number of aliphatic hydroxyl groups excluding tert-OH is 1. The number of carbonyl (C=O) groups excluding carboxylic acids is 2. The highest BCUT2D eigenvalue weighted by molar-refractivity contribution is 6.46. The zero-order valence-electron chi connectivity index (χ0n) is 19.5. The van der Waals surface area contributed by atoms with Gasteiger partial charge in [0.1, 0.15) is 17.3 Å². The number of amides is 1. The smallest absolute Gasteiger partial charge is 0.295 e. The number of likely N-dealkylation sites (tertiary alicyclic amines) is 1. The van der Waals surface area contributed by atoms with Gasteiger partial charge in [0.05, 0.1) is 36.4 Å². The molecule has 8 heteroatoms. The Morgan fingerprint density at radius 2 is 1.79 bits per heavy atom. The molecule has 0 saturated carbocycles. The second-order valence-corrected chi connectivity index (χ2v) is 8.60. The summed E-state index contributed by atoms with van der Waals surface area (Å²) >= 11 is 6.30. The van der Waals surface area contributed by atoms with E-state index >= 15 is 0 Å². The van der Waals surface area contributed by atoms with Crippen molar-refractivity contribution in [2.24, 2.45) is 0 Å². The Labute approximate surface area is 199 Å². The van der Waals surface area contributed by atoms with Crippen molar-refractivity contribution in [2.75, 3.05) is 41.4 Å². The molecule has 0 spiro atoms. The Hall–Kier alpha value is -3.03. The van der Waals surface area contributed by atoms with Crippen molar-refractivity contribution >= 4 is 29.1 Å². The van der Waals surface area contributed by atoms with E-state index in [-0.39, 0.29) is 27.7 Å². The Morgan fingerprint density at radius 1 is 1.12 bits per heavy atom. The number of ether oxygens (including phenoxy) is 2. The number of ketones is 1. The third-order valence-corrected chi connectivity index (χ3v) is 6.05. The molecule has 0 bridgehead atoms. The Balaban J connectivity index is 2.20. The minimum absolute atomic E-state index is 0.0127. The van der Waals surface area contributed by atoms with Crippen LogP contribution in [0.15, 0.2) is 42.0 Å². The third kappa shape index (κ3) is 4.84. The maximum Gasteiger partial charge on any atom is 0.295 e. The van der Waals surface area contributed by atoms with Gasteiger partial charge >= 0.3 is 0 Å². The normalized spacial score (nSPS) is 17.7. The lowest BCUT2D eigenvalue weighted by molar-refractivity contribution is -0.139. The summed E-state index contributed by atoms with van der Waals surface area (Å²) in [5.41, 5.74) is 1.92. The van der Waals surface area contributed by atoms with Crippen LogP contribution in [0.2, 0.25) is 5.02 Å². The zero-order valence-corrected chi connectivity index (χ0v) is 20.3. The van der Waals surface area contributed by atoms with Crippen LogP contribution in [0.3, 0.4) is 0 Å². The largest absolute Gasteiger partial charge is 0.507 e. The van der Waals surface area contributed by atoms with Gasteiger partial charge in [0.25, 0.3) is 11.7 Å². The molecule has 2 aromatic rings. The van der Waals surface area contributed by atoms with Crippen molar-refractivity contribution in [2.45, 2.75) is 19.4 Å². The van der Waals surface area contributed by atoms with E-state index in [1.165, 1.54) is 31.3 Å². The summed E-state index contributed by atoms with van der Waals surface area (Å²) in [5, 5.41) is 11.6. The standard InChI is InChI=1S/C25H29ClN2O5/c1-15-9-6-7-10-16(15)22-21(24(30)25(31)28(22)12-8-11-27(2)3)23(29)17-13-18(26)20(33-5)14-19(17)32-4/h6-7,9-10,13-14,22,29H,8,11-12H2,1-5H3/b23-21+. The zero-order chi connectivity index (χ0) is 24.3. The van der Waals surface area contributed by atoms with Gasteiger partial charge in [-0.15, -0.1) is 0 Å². The lowest BCUT2D eigenvalue weighted by atomic mass is 9.92. The van der Waals surface area contributed by atoms with Gasteiger partial charge in [-0.25, -0.2) is 0 Å². The predicted molar refractivity (Wildman–Crippen MR) is 128 cm³/mol. The lowest BCUT2D eigenvalue weighted by Crippen LogP contribution is -2.32. The molecule has 7 nitrogen and oxygen atoms in total. The average Bonchev–Trinajstić information content (AvgIpc) is 3.03. The summed E-state index contributed by atoms with van der Waals surface area (Å²) in [4.78, 5) is 29.9. The van der Waals surface area contributed by atoms with Crippen molar-refractivity contribution in [3.8, 4) is 11.5 Å². The van der Waals surface area contributed by atoms with E-state index in [0.29, 0.717) is 18.7 Å². The van der Waals surface area contributed by atoms with Crippen molar-refractivity contribution < 1.29 is 24.2 Å². The molecule has 1 atom stereocenters. The highest BCUT2D eigenvalue weighted by Gasteiger charge is 2.46. The highest BCUT2D eigenvalue weighted by atomic mass is 35.5. The van der Waals surface area contributed by atoms with Crippen LogP contribution < -0.4 is 9.47 Å². The van der Waals surface area contributed by atoms with E-state index in [2.05, 4.69) is 0 Å². The van der Waals surface area contributed by atoms with Gasteiger partial charge in [-0.1, -0.05) is 35.9 Å². The summed E-state index contributed by atoms with van der Waals surface area (Å²) in [5.74, 6) is -1.07. The van der Waals surface area contributed by atoms with Crippen LogP contribution in [0.4, 0.5) is 0 Å². The predicted octanol–water partition coefficient (Wildman–Crippen LogP) is 4.04. The summed E-state index contributed by atoms with van der Waals surface area (Å²) in [6, 6.07) is 9.82. The molecule has 1 fully saturated rings. The maximum absolute atomic E-state index is 13.2. The molecule has 176 valence electrons. The van der Waals surface area contributed by atoms with E-state index in [4.69, 9.17) is 21.1 Å². The monoisotopic (exact) mass is 472 g/mol. The van der Waals surface area contributed by atoms with E-state index in [1.807, 2.05) is 50.2 Å². The topological polar surface area (TPSA) is 79.3 Å². The van der Waals surface area contributed by atoms with Crippen LogP contribution in [0.1, 0.15) is 29.2 Å². The molecule has 1 amide bonds. The second kappa shape index (κ2) is 10.3. The van der Waals surface area contributed by atoms with Gasteiger partial charge in [0.15, 0.2) is 0 Å². The molecule has 1 N–H and O–H groups in total. The SMILES string of the molecule is COc1cc(OC)c(/C(O)=C2\C(=O)C(=O)N(CCCN(C)C)C2c2ccccc2C)cc1Cl. The Bertz CT molecular complexity index is 1100. The number of carbonyl (C=O) groups is 2. The molecule has 0 radical (unpaired) electrons. The molecule has 1 heterocycles. The van der Waals surface area contributed by atoms with Crippen LogP contribution in [0.5, 0.6) is 11.5 Å². The van der Waals surface area contributed by atoms with Gasteiger partial charge in [-0.3, -0.25) is 9.59 Å². The third-order valence-electron chi connectivity index (χ3n) is 5.76. The number of aliphatic hydroxyl groups is 1. The summed E-state index contributed by atoms with van der Waals surface area (Å²) in [7, 11) is 6.81. The fraction of sp³-hybridized carbons (Fsp3) is 0.360. The Kier molecular flexibility index (Phi) is 7.66. The van der Waals surface area contributed by atoms with Gasteiger partial charge in [0, 0.05) is 12.6 Å². The number of nitrogens with zero attached hydrogens (tertiary/aromatic N) is 2. The first kappa shape index (κ1) is 24.6. The molecule has 3 rings (SSSR count). The minimum atomic E-state index is -0.736. The molecular weight excluding hydrogens is 444 g/mol. The fourth-order valence-electron chi connectivity index (χ4n) is 4.08. The number of Topliss-reactive ketones (excluding diaryl/α,β-unsaturated/α-hetero) is 1. The number of rotatable bonds is 8. The van der Waals surface area contributed by atoms with Gasteiger partial charge < -0.3 is 24.4 Å². The number of hydrogen-bond donors (Lipinski definition) is 1. The quantitative estimate of drug-likeness (QED) is 0.355. The number of aryl methyl sites for hydroxylation is 1. The van der Waals surface area contributed by atoms with Crippen molar-refractivity contribution in [1.29, 1.82) is 0 Å². The molecule has 1 saturated heterocycles. The molecule has 1 aliphatic rings. The van der Waals surface area contributed by atoms with Gasteiger partial charge in [-0.2, -0.15) is 0 Å². The van der Waals surface area contributed by atoms with E-state index in [9.17, 15) is 14.7 Å². The van der Waals surface area contributed by atoms with Gasteiger partial charge in [-0.05, 0) is 51.2 Å². The van der Waals surface area contributed by atoms with Crippen molar-refractivity contribution in [1.82, 2.24) is 9.80 Å². The van der Waals surface area contributed by atoms with E-state index in [1.54, 1.807) is 0 Å². The first-order valence-electron chi connectivity index (χ1n) is 10.6. The molecule has 33 heavy (non-hydrogen) atoms. The number of hydrogen-bond acceptors (Lipinski definition) is 6. The summed E-state index contributed by atoms with van der Waals surface area (Å²) < 4.78 is 10.7. The molecule has 0 aliphatic carbocycles. The molecule has 1 unspecified atom stereocenters. The number of halogens is 1. The summed E-state index contributed by atoms with van der Waals surface area (Å²) in [6.45, 7) is 3.05. The summed E-state index contributed by atoms with van der Waals surface area (Å²) in [6.07, 6.45) is 0.681. The molecular formula is C25H29ClN2O5. The van der Waals surface area contributed by atoms with E-state index in [0.717, 1.165) is 17.7 Å². The van der Waals surface area contributed by atoms with Gasteiger partial charge in [0.2, 0.25) is 0 Å². The Morgan fingerprint density at radius 3 is 2.39 bits per heavy atom. The first-order valence-corrected chi connectivity index (χ1v) is 11.0. The lowest BCUT2D eigenvalue weighted by Gasteiger charge is -2.27. The number of benzene rings is 2. The number of methoxy groups -OCH3 is 2. The molecule has 0 aromatic heterocycles. The highest BCUT2D eigenvalue weighted by Crippen LogP contribution is 2.43. The van der Waals surface area contributed by atoms with Crippen molar-refractivity contribution in [3.05, 3.63) is 63.7 Å². The molecule has 1 aliphatic heterocycles. The average molecular weight is 473 g/mol. The molecule has 2 aromatic carbocycles. The minimum Gasteiger partial charge on any atom is -0.507 e.